The van der Waals surface area contributed by atoms with E-state index in [1.807, 2.05) is 0 Å². The molecule has 2 N–H and O–H groups in total. The molecule has 0 aromatic carbocycles. The van der Waals surface area contributed by atoms with Gasteiger partial charge in [0.25, 0.3) is 0 Å². The number of hydrogen-bond acceptors (Lipinski definition) is 6. The summed E-state index contributed by atoms with van der Waals surface area (Å²) < 4.78 is 10.3. The van der Waals surface area contributed by atoms with Crippen LogP contribution in [-0.2, 0) is 23.9 Å². The van der Waals surface area contributed by atoms with Crippen LogP contribution in [0.2, 0.25) is 0 Å². The molecule has 2 atom stereocenters. The van der Waals surface area contributed by atoms with Gasteiger partial charge in [0.1, 0.15) is 29.8 Å². The number of nitrogens with one attached hydrogen (secondary N) is 2. The molecular formula is C19H33N3O6. The lowest BCUT2D eigenvalue weighted by Crippen LogP contribution is -2.52. The van der Waals surface area contributed by atoms with Crippen LogP contribution in [0.3, 0.4) is 0 Å². The highest BCUT2D eigenvalue weighted by Crippen LogP contribution is 2.18. The van der Waals surface area contributed by atoms with Crippen LogP contribution in [0.4, 0.5) is 4.79 Å². The first-order chi connectivity index (χ1) is 12.7. The van der Waals surface area contributed by atoms with Gasteiger partial charge in [0, 0.05) is 6.54 Å². The minimum absolute atomic E-state index is 0.264. The minimum atomic E-state index is -0.829. The van der Waals surface area contributed by atoms with Gasteiger partial charge >= 0.3 is 12.1 Å². The average molecular weight is 399 g/mol. The Kier molecular flexibility index (Phi) is 7.84. The fourth-order valence-corrected chi connectivity index (χ4v) is 2.66. The SMILES string of the molecule is C[C@H](NC(=O)[C@@H]1CCCN1C(=O)CNC(=O)OC(C)(C)C)C(=O)OC(C)(C)C. The number of nitrogens with zero attached hydrogens (tertiary/aromatic N) is 1. The van der Waals surface area contributed by atoms with E-state index in [9.17, 15) is 19.2 Å². The summed E-state index contributed by atoms with van der Waals surface area (Å²) in [6, 6.07) is -1.51. The molecule has 9 nitrogen and oxygen atoms in total. The van der Waals surface area contributed by atoms with Crippen LogP contribution < -0.4 is 10.6 Å². The number of likely N-dealkylation sites (tertiary alicyclic amines) is 1. The number of carbonyl (C=O) groups is 4. The third-order valence-electron chi connectivity index (χ3n) is 3.78. The van der Waals surface area contributed by atoms with E-state index in [0.717, 1.165) is 0 Å². The summed E-state index contributed by atoms with van der Waals surface area (Å²) in [6.07, 6.45) is 0.460. The molecule has 3 amide bonds. The maximum absolute atomic E-state index is 12.5. The van der Waals surface area contributed by atoms with Crippen molar-refractivity contribution in [2.24, 2.45) is 0 Å². The Hall–Kier alpha value is -2.32. The van der Waals surface area contributed by atoms with Gasteiger partial charge in [-0.15, -0.1) is 0 Å². The van der Waals surface area contributed by atoms with Gasteiger partial charge in [0.2, 0.25) is 11.8 Å². The van der Waals surface area contributed by atoms with Crippen LogP contribution in [0.5, 0.6) is 0 Å². The van der Waals surface area contributed by atoms with Crippen molar-refractivity contribution in [1.29, 1.82) is 0 Å². The number of esters is 1. The fraction of sp³-hybridized carbons (Fsp3) is 0.789. The maximum Gasteiger partial charge on any atom is 0.408 e. The lowest BCUT2D eigenvalue weighted by molar-refractivity contribution is -0.158. The molecule has 1 fully saturated rings. The summed E-state index contributed by atoms with van der Waals surface area (Å²) in [5.41, 5.74) is -1.32. The molecule has 0 saturated carbocycles. The molecule has 1 aliphatic rings. The predicted octanol–water partition coefficient (Wildman–Crippen LogP) is 1.35. The van der Waals surface area contributed by atoms with E-state index in [1.54, 1.807) is 41.5 Å². The molecular weight excluding hydrogens is 366 g/mol. The summed E-state index contributed by atoms with van der Waals surface area (Å²) in [4.78, 5) is 50.1. The molecule has 0 radical (unpaired) electrons. The number of carbonyl (C=O) groups excluding carboxylic acids is 4. The van der Waals surface area contributed by atoms with E-state index in [1.165, 1.54) is 11.8 Å². The van der Waals surface area contributed by atoms with Crippen LogP contribution in [0.25, 0.3) is 0 Å². The summed E-state index contributed by atoms with van der Waals surface area (Å²) in [5, 5.41) is 5.01. The lowest BCUT2D eigenvalue weighted by atomic mass is 10.1. The lowest BCUT2D eigenvalue weighted by Gasteiger charge is -2.27. The molecule has 9 heteroatoms. The van der Waals surface area contributed by atoms with Gasteiger partial charge in [-0.1, -0.05) is 0 Å². The van der Waals surface area contributed by atoms with E-state index in [2.05, 4.69) is 10.6 Å². The largest absolute Gasteiger partial charge is 0.458 e. The zero-order valence-corrected chi connectivity index (χ0v) is 17.9. The fourth-order valence-electron chi connectivity index (χ4n) is 2.66. The van der Waals surface area contributed by atoms with Crippen molar-refractivity contribution in [3.8, 4) is 0 Å². The zero-order valence-electron chi connectivity index (χ0n) is 17.9. The smallest absolute Gasteiger partial charge is 0.408 e. The van der Waals surface area contributed by atoms with Crippen LogP contribution >= 0.6 is 0 Å². The minimum Gasteiger partial charge on any atom is -0.458 e. The Morgan fingerprint density at radius 2 is 1.61 bits per heavy atom. The van der Waals surface area contributed by atoms with Crippen molar-refractivity contribution in [3.63, 3.8) is 0 Å². The molecule has 0 aromatic heterocycles. The molecule has 160 valence electrons. The highest BCUT2D eigenvalue weighted by Gasteiger charge is 2.35. The van der Waals surface area contributed by atoms with Crippen LogP contribution in [-0.4, -0.2) is 65.2 Å². The summed E-state index contributed by atoms with van der Waals surface area (Å²) >= 11 is 0. The third kappa shape index (κ3) is 8.14. The van der Waals surface area contributed by atoms with Crippen molar-refractivity contribution in [3.05, 3.63) is 0 Å². The average Bonchev–Trinajstić information content (AvgIpc) is 2.98. The monoisotopic (exact) mass is 399 g/mol. The van der Waals surface area contributed by atoms with Crippen LogP contribution in [0, 0.1) is 0 Å². The highest BCUT2D eigenvalue weighted by atomic mass is 16.6. The van der Waals surface area contributed by atoms with Gasteiger partial charge in [-0.25, -0.2) is 9.59 Å². The second-order valence-electron chi connectivity index (χ2n) is 8.86. The molecule has 1 heterocycles. The van der Waals surface area contributed by atoms with Crippen molar-refractivity contribution in [2.75, 3.05) is 13.1 Å². The molecule has 0 aliphatic carbocycles. The second kappa shape index (κ2) is 9.25. The summed E-state index contributed by atoms with van der Waals surface area (Å²) in [5.74, 6) is -1.33. The molecule has 0 spiro atoms. The molecule has 0 aromatic rings. The first kappa shape index (κ1) is 23.7. The van der Waals surface area contributed by atoms with Gasteiger partial charge in [-0.05, 0) is 61.3 Å². The Bertz CT molecular complexity index is 606. The Morgan fingerprint density at radius 3 is 2.14 bits per heavy atom. The van der Waals surface area contributed by atoms with Crippen molar-refractivity contribution < 1.29 is 28.7 Å². The number of hydrogen-bond donors (Lipinski definition) is 2. The normalized spacial score (nSPS) is 18.2. The van der Waals surface area contributed by atoms with E-state index in [0.29, 0.717) is 19.4 Å². The van der Waals surface area contributed by atoms with Crippen molar-refractivity contribution in [1.82, 2.24) is 15.5 Å². The first-order valence-corrected chi connectivity index (χ1v) is 9.49. The number of ether oxygens (including phenoxy) is 2. The Morgan fingerprint density at radius 1 is 1.04 bits per heavy atom. The molecule has 1 aliphatic heterocycles. The molecule has 1 rings (SSSR count). The number of amides is 3. The maximum atomic E-state index is 12.5. The third-order valence-corrected chi connectivity index (χ3v) is 3.78. The van der Waals surface area contributed by atoms with Crippen molar-refractivity contribution >= 4 is 23.9 Å². The first-order valence-electron chi connectivity index (χ1n) is 9.49. The van der Waals surface area contributed by atoms with Crippen LogP contribution in [0.1, 0.15) is 61.3 Å². The molecule has 28 heavy (non-hydrogen) atoms. The van der Waals surface area contributed by atoms with Gasteiger partial charge in [-0.2, -0.15) is 0 Å². The van der Waals surface area contributed by atoms with Gasteiger partial charge in [0.15, 0.2) is 0 Å². The van der Waals surface area contributed by atoms with Gasteiger partial charge in [0.05, 0.1) is 0 Å². The number of rotatable bonds is 5. The zero-order chi connectivity index (χ0) is 21.7. The molecule has 0 unspecified atom stereocenters. The Labute approximate surface area is 166 Å². The predicted molar refractivity (Wildman–Crippen MR) is 102 cm³/mol. The Balaban J connectivity index is 2.58. The molecule has 1 saturated heterocycles. The second-order valence-corrected chi connectivity index (χ2v) is 8.86. The standard InChI is InChI=1S/C19H33N3O6/c1-12(16(25)27-18(2,3)4)21-15(24)13-9-8-10-22(13)14(23)11-20-17(26)28-19(5,6)7/h12-13H,8-11H2,1-7H3,(H,20,26)(H,21,24)/t12-,13-/m0/s1. The topological polar surface area (TPSA) is 114 Å². The summed E-state index contributed by atoms with van der Waals surface area (Å²) in [7, 11) is 0. The molecule has 0 bridgehead atoms. The highest BCUT2D eigenvalue weighted by molar-refractivity contribution is 5.92. The summed E-state index contributed by atoms with van der Waals surface area (Å²) in [6.45, 7) is 12.1. The van der Waals surface area contributed by atoms with E-state index >= 15 is 0 Å². The van der Waals surface area contributed by atoms with E-state index < -0.39 is 41.3 Å². The van der Waals surface area contributed by atoms with Crippen LogP contribution in [0.15, 0.2) is 0 Å². The van der Waals surface area contributed by atoms with E-state index in [4.69, 9.17) is 9.47 Å². The quantitative estimate of drug-likeness (QED) is 0.675. The van der Waals surface area contributed by atoms with Gasteiger partial charge < -0.3 is 25.0 Å². The van der Waals surface area contributed by atoms with Gasteiger partial charge in [-0.3, -0.25) is 9.59 Å². The van der Waals surface area contributed by atoms with E-state index in [-0.39, 0.29) is 12.5 Å². The number of alkyl carbamates (subject to hydrolysis) is 1. The van der Waals surface area contributed by atoms with Crippen molar-refractivity contribution in [2.45, 2.75) is 84.6 Å².